The minimum atomic E-state index is -1.06. The second-order valence-electron chi connectivity index (χ2n) is 4.88. The van der Waals surface area contributed by atoms with E-state index in [1.54, 1.807) is 0 Å². The van der Waals surface area contributed by atoms with Gasteiger partial charge >= 0.3 is 5.97 Å². The first-order valence-corrected chi connectivity index (χ1v) is 6.86. The molecule has 1 heterocycles. The summed E-state index contributed by atoms with van der Waals surface area (Å²) in [5.74, 6) is -1.88. The number of hydrogen-bond acceptors (Lipinski definition) is 5. The Morgan fingerprint density at radius 2 is 2.00 bits per heavy atom. The van der Waals surface area contributed by atoms with Crippen LogP contribution in [0.15, 0.2) is 12.3 Å². The van der Waals surface area contributed by atoms with Gasteiger partial charge in [-0.1, -0.05) is 11.6 Å². The van der Waals surface area contributed by atoms with Gasteiger partial charge in [0.05, 0.1) is 18.4 Å². The molecule has 0 fully saturated rings. The number of nitrogens with zero attached hydrogens (tertiary/aromatic N) is 1. The summed E-state index contributed by atoms with van der Waals surface area (Å²) < 4.78 is 0. The maximum atomic E-state index is 12.1. The molecule has 1 aromatic rings. The second-order valence-corrected chi connectivity index (χ2v) is 5.27. The molecule has 0 aliphatic carbocycles. The number of halogens is 1. The fraction of sp³-hybridized carbons (Fsp3) is 0.429. The van der Waals surface area contributed by atoms with Gasteiger partial charge in [0.1, 0.15) is 10.9 Å². The van der Waals surface area contributed by atoms with E-state index in [0.717, 1.165) is 0 Å². The first-order chi connectivity index (χ1) is 9.79. The Bertz CT molecular complexity index is 558. The lowest BCUT2D eigenvalue weighted by Crippen LogP contribution is -2.16. The predicted molar refractivity (Wildman–Crippen MR) is 78.8 cm³/mol. The van der Waals surface area contributed by atoms with E-state index in [1.165, 1.54) is 12.3 Å². The molecule has 6 nitrogen and oxygen atoms in total. The van der Waals surface area contributed by atoms with E-state index >= 15 is 0 Å². The largest absolute Gasteiger partial charge is 0.481 e. The van der Waals surface area contributed by atoms with E-state index in [-0.39, 0.29) is 36.0 Å². The van der Waals surface area contributed by atoms with Gasteiger partial charge in [0.25, 0.3) is 0 Å². The highest BCUT2D eigenvalue weighted by Crippen LogP contribution is 2.21. The van der Waals surface area contributed by atoms with Gasteiger partial charge in [-0.05, 0) is 19.9 Å². The summed E-state index contributed by atoms with van der Waals surface area (Å²) in [5, 5.41) is 11.8. The van der Waals surface area contributed by atoms with E-state index in [4.69, 9.17) is 16.7 Å². The van der Waals surface area contributed by atoms with Crippen LogP contribution in [0.4, 0.5) is 5.69 Å². The zero-order chi connectivity index (χ0) is 16.0. The molecule has 0 radical (unpaired) electrons. The number of anilines is 1. The number of pyridine rings is 1. The van der Waals surface area contributed by atoms with Gasteiger partial charge < -0.3 is 10.4 Å². The third-order valence-electron chi connectivity index (χ3n) is 2.59. The molecule has 0 saturated carbocycles. The first kappa shape index (κ1) is 17.1. The van der Waals surface area contributed by atoms with Crippen molar-refractivity contribution in [3.8, 4) is 0 Å². The van der Waals surface area contributed by atoms with Crippen molar-refractivity contribution in [2.75, 3.05) is 5.32 Å². The zero-order valence-corrected chi connectivity index (χ0v) is 12.6. The van der Waals surface area contributed by atoms with Crippen LogP contribution in [-0.4, -0.2) is 33.7 Å². The SMILES string of the molecule is CC(C)Nc1cc(Cl)ncc1C(=O)CC(=O)CCC(=O)O. The Kier molecular flexibility index (Phi) is 6.30. The topological polar surface area (TPSA) is 96.4 Å². The molecule has 0 aliphatic heterocycles. The lowest BCUT2D eigenvalue weighted by Gasteiger charge is -2.14. The van der Waals surface area contributed by atoms with Crippen LogP contribution in [0.3, 0.4) is 0 Å². The van der Waals surface area contributed by atoms with Gasteiger partial charge in [-0.3, -0.25) is 14.4 Å². The molecular formula is C14H17ClN2O4. The van der Waals surface area contributed by atoms with Gasteiger partial charge in [-0.15, -0.1) is 0 Å². The molecule has 0 bridgehead atoms. The third kappa shape index (κ3) is 5.91. The van der Waals surface area contributed by atoms with Crippen LogP contribution in [0, 0.1) is 0 Å². The zero-order valence-electron chi connectivity index (χ0n) is 11.9. The summed E-state index contributed by atoms with van der Waals surface area (Å²) in [6.45, 7) is 3.81. The number of carbonyl (C=O) groups is 3. The quantitative estimate of drug-likeness (QED) is 0.435. The molecule has 0 spiro atoms. The molecule has 1 rings (SSSR count). The molecule has 0 aromatic carbocycles. The first-order valence-electron chi connectivity index (χ1n) is 6.48. The van der Waals surface area contributed by atoms with Gasteiger partial charge in [-0.25, -0.2) is 4.98 Å². The number of carboxylic acids is 1. The normalized spacial score (nSPS) is 10.5. The van der Waals surface area contributed by atoms with Gasteiger partial charge in [0, 0.05) is 24.3 Å². The highest BCUT2D eigenvalue weighted by molar-refractivity contribution is 6.29. The van der Waals surface area contributed by atoms with Crippen LogP contribution in [0.1, 0.15) is 43.5 Å². The van der Waals surface area contributed by atoms with Gasteiger partial charge in [0.2, 0.25) is 0 Å². The van der Waals surface area contributed by atoms with Crippen LogP contribution in [0.25, 0.3) is 0 Å². The number of carbonyl (C=O) groups excluding carboxylic acids is 2. The number of ketones is 2. The summed E-state index contributed by atoms with van der Waals surface area (Å²) in [5.41, 5.74) is 0.790. The average Bonchev–Trinajstić information content (AvgIpc) is 2.35. The minimum Gasteiger partial charge on any atom is -0.481 e. The molecule has 0 atom stereocenters. The molecule has 1 aromatic heterocycles. The number of nitrogens with one attached hydrogen (secondary N) is 1. The molecule has 0 aliphatic rings. The Labute approximate surface area is 127 Å². The van der Waals surface area contributed by atoms with Crippen LogP contribution < -0.4 is 5.32 Å². The Hall–Kier alpha value is -1.95. The van der Waals surface area contributed by atoms with E-state index in [2.05, 4.69) is 10.3 Å². The lowest BCUT2D eigenvalue weighted by atomic mass is 10.0. The van der Waals surface area contributed by atoms with Crippen molar-refractivity contribution < 1.29 is 19.5 Å². The number of aliphatic carboxylic acids is 1. The third-order valence-corrected chi connectivity index (χ3v) is 2.80. The van der Waals surface area contributed by atoms with Crippen LogP contribution in [0.5, 0.6) is 0 Å². The fourth-order valence-corrected chi connectivity index (χ4v) is 1.85. The second kappa shape index (κ2) is 7.73. The van der Waals surface area contributed by atoms with Crippen LogP contribution in [0.2, 0.25) is 5.15 Å². The standard InChI is InChI=1S/C14H17ClN2O4/c1-8(2)17-11-6-13(15)16-7-10(11)12(19)5-9(18)3-4-14(20)21/h6-8H,3-5H2,1-2H3,(H,16,17)(H,20,21). The molecule has 0 amide bonds. The average molecular weight is 313 g/mol. The van der Waals surface area contributed by atoms with Crippen molar-refractivity contribution in [3.05, 3.63) is 23.0 Å². The van der Waals surface area contributed by atoms with Gasteiger partial charge in [0.15, 0.2) is 5.78 Å². The molecule has 21 heavy (non-hydrogen) atoms. The van der Waals surface area contributed by atoms with Crippen molar-refractivity contribution in [2.24, 2.45) is 0 Å². The number of hydrogen-bond donors (Lipinski definition) is 2. The molecule has 2 N–H and O–H groups in total. The van der Waals surface area contributed by atoms with Crippen molar-refractivity contribution in [1.29, 1.82) is 0 Å². The highest BCUT2D eigenvalue weighted by atomic mass is 35.5. The number of rotatable bonds is 8. The van der Waals surface area contributed by atoms with E-state index in [1.807, 2.05) is 13.8 Å². The smallest absolute Gasteiger partial charge is 0.303 e. The summed E-state index contributed by atoms with van der Waals surface area (Å²) >= 11 is 5.80. The minimum absolute atomic E-state index is 0.0812. The summed E-state index contributed by atoms with van der Waals surface area (Å²) in [6, 6.07) is 1.61. The fourth-order valence-electron chi connectivity index (χ4n) is 1.69. The van der Waals surface area contributed by atoms with Crippen molar-refractivity contribution >= 4 is 34.8 Å². The predicted octanol–water partition coefficient (Wildman–Crippen LogP) is 2.56. The summed E-state index contributed by atoms with van der Waals surface area (Å²) in [6.07, 6.45) is 0.542. The van der Waals surface area contributed by atoms with Gasteiger partial charge in [-0.2, -0.15) is 0 Å². The molecule has 0 saturated heterocycles. The van der Waals surface area contributed by atoms with E-state index in [9.17, 15) is 14.4 Å². The maximum absolute atomic E-state index is 12.1. The number of aromatic nitrogens is 1. The molecular weight excluding hydrogens is 296 g/mol. The summed E-state index contributed by atoms with van der Waals surface area (Å²) in [7, 11) is 0. The molecule has 0 unspecified atom stereocenters. The van der Waals surface area contributed by atoms with Crippen molar-refractivity contribution in [2.45, 2.75) is 39.2 Å². The Morgan fingerprint density at radius 3 is 2.57 bits per heavy atom. The van der Waals surface area contributed by atoms with Crippen molar-refractivity contribution in [3.63, 3.8) is 0 Å². The molecule has 7 heteroatoms. The van der Waals surface area contributed by atoms with E-state index < -0.39 is 17.5 Å². The highest BCUT2D eigenvalue weighted by Gasteiger charge is 2.17. The van der Waals surface area contributed by atoms with Crippen LogP contribution in [-0.2, 0) is 9.59 Å². The maximum Gasteiger partial charge on any atom is 0.303 e. The molecule has 114 valence electrons. The van der Waals surface area contributed by atoms with Crippen LogP contribution >= 0.6 is 11.6 Å². The monoisotopic (exact) mass is 312 g/mol. The van der Waals surface area contributed by atoms with E-state index in [0.29, 0.717) is 5.69 Å². The number of Topliss-reactive ketones (excluding diaryl/α,β-unsaturated/α-hetero) is 2. The lowest BCUT2D eigenvalue weighted by molar-refractivity contribution is -0.138. The summed E-state index contributed by atoms with van der Waals surface area (Å²) in [4.78, 5) is 38.0. The Balaban J connectivity index is 2.81. The number of carboxylic acid groups (broad SMARTS) is 1. The van der Waals surface area contributed by atoms with Crippen molar-refractivity contribution in [1.82, 2.24) is 4.98 Å². The Morgan fingerprint density at radius 1 is 1.33 bits per heavy atom.